The lowest BCUT2D eigenvalue weighted by Gasteiger charge is -2.30. The van der Waals surface area contributed by atoms with Crippen LogP contribution in [0.15, 0.2) is 113 Å². The third-order valence-corrected chi connectivity index (χ3v) is 7.21. The van der Waals surface area contributed by atoms with Gasteiger partial charge in [-0.3, -0.25) is 9.59 Å². The predicted octanol–water partition coefficient (Wildman–Crippen LogP) is 6.48. The summed E-state index contributed by atoms with van der Waals surface area (Å²) in [5.41, 5.74) is 3.76. The van der Waals surface area contributed by atoms with Gasteiger partial charge in [0.25, 0.3) is 11.8 Å². The molecule has 4 aromatic carbocycles. The van der Waals surface area contributed by atoms with Gasteiger partial charge in [-0.2, -0.15) is 0 Å². The monoisotopic (exact) mass is 508 g/mol. The number of para-hydroxylation sites is 1. The van der Waals surface area contributed by atoms with Crippen molar-refractivity contribution in [2.75, 3.05) is 11.4 Å². The number of nitrogens with zero attached hydrogens (tertiary/aromatic N) is 1. The standard InChI is InChI=1S/C31H25FN2O2S/c32-26-11-5-4-10-25(26)21-34-27-12-6-7-13-28(27)37-29(31(34)36)20-23-14-16-24(17-15-23)30(35)33-19-18-22-8-2-1-3-9-22/h1-17,20H,18-19,21H2,(H,33,35). The first kappa shape index (κ1) is 24.5. The van der Waals surface area contributed by atoms with E-state index in [1.807, 2.05) is 72.8 Å². The van der Waals surface area contributed by atoms with Crippen molar-refractivity contribution in [1.29, 1.82) is 0 Å². The van der Waals surface area contributed by atoms with Crippen molar-refractivity contribution >= 4 is 35.3 Å². The number of hydrogen-bond donors (Lipinski definition) is 1. The molecular weight excluding hydrogens is 483 g/mol. The van der Waals surface area contributed by atoms with Gasteiger partial charge in [-0.1, -0.05) is 84.6 Å². The molecule has 0 saturated heterocycles. The summed E-state index contributed by atoms with van der Waals surface area (Å²) in [6, 6.07) is 31.3. The molecule has 0 fully saturated rings. The van der Waals surface area contributed by atoms with Gasteiger partial charge < -0.3 is 10.2 Å². The number of carbonyl (C=O) groups excluding carboxylic acids is 2. The van der Waals surface area contributed by atoms with Crippen molar-refractivity contribution < 1.29 is 14.0 Å². The summed E-state index contributed by atoms with van der Waals surface area (Å²) in [6.45, 7) is 0.694. The van der Waals surface area contributed by atoms with Gasteiger partial charge in [0, 0.05) is 22.6 Å². The minimum absolute atomic E-state index is 0.136. The summed E-state index contributed by atoms with van der Waals surface area (Å²) in [7, 11) is 0. The van der Waals surface area contributed by atoms with Gasteiger partial charge >= 0.3 is 0 Å². The third kappa shape index (κ3) is 5.81. The highest BCUT2D eigenvalue weighted by molar-refractivity contribution is 8.04. The van der Waals surface area contributed by atoms with Crippen LogP contribution >= 0.6 is 11.8 Å². The van der Waals surface area contributed by atoms with Crippen LogP contribution in [0, 0.1) is 5.82 Å². The first-order valence-corrected chi connectivity index (χ1v) is 12.9. The van der Waals surface area contributed by atoms with Crippen LogP contribution in [-0.2, 0) is 17.8 Å². The minimum atomic E-state index is -0.339. The highest BCUT2D eigenvalue weighted by atomic mass is 32.2. The Morgan fingerprint density at radius 1 is 0.865 bits per heavy atom. The van der Waals surface area contributed by atoms with E-state index in [1.165, 1.54) is 23.4 Å². The van der Waals surface area contributed by atoms with Crippen molar-refractivity contribution in [2.45, 2.75) is 17.9 Å². The van der Waals surface area contributed by atoms with Crippen LogP contribution in [-0.4, -0.2) is 18.4 Å². The lowest BCUT2D eigenvalue weighted by molar-refractivity contribution is -0.114. The number of hydrogen-bond acceptors (Lipinski definition) is 3. The molecule has 1 heterocycles. The first-order valence-electron chi connectivity index (χ1n) is 12.0. The molecule has 0 radical (unpaired) electrons. The van der Waals surface area contributed by atoms with E-state index in [0.29, 0.717) is 22.6 Å². The van der Waals surface area contributed by atoms with Crippen molar-refractivity contribution in [3.05, 3.63) is 136 Å². The van der Waals surface area contributed by atoms with Crippen LogP contribution in [0.25, 0.3) is 6.08 Å². The zero-order valence-corrected chi connectivity index (χ0v) is 20.9. The fourth-order valence-corrected chi connectivity index (χ4v) is 5.22. The van der Waals surface area contributed by atoms with Gasteiger partial charge in [0.05, 0.1) is 17.1 Å². The van der Waals surface area contributed by atoms with E-state index in [0.717, 1.165) is 22.6 Å². The molecular formula is C31H25FN2O2S. The summed E-state index contributed by atoms with van der Waals surface area (Å²) in [4.78, 5) is 29.1. The van der Waals surface area contributed by atoms with E-state index in [2.05, 4.69) is 5.32 Å². The number of carbonyl (C=O) groups is 2. The molecule has 0 aromatic heterocycles. The average molecular weight is 509 g/mol. The second-order valence-electron chi connectivity index (χ2n) is 8.67. The molecule has 0 bridgehead atoms. The zero-order chi connectivity index (χ0) is 25.6. The van der Waals surface area contributed by atoms with E-state index >= 15 is 0 Å². The molecule has 4 aromatic rings. The van der Waals surface area contributed by atoms with Gasteiger partial charge in [-0.15, -0.1) is 0 Å². The summed E-state index contributed by atoms with van der Waals surface area (Å²) >= 11 is 1.39. The maximum absolute atomic E-state index is 14.4. The maximum Gasteiger partial charge on any atom is 0.265 e. The van der Waals surface area contributed by atoms with E-state index in [1.54, 1.807) is 35.2 Å². The molecule has 0 unspecified atom stereocenters. The highest BCUT2D eigenvalue weighted by Gasteiger charge is 2.29. The Kier molecular flexibility index (Phi) is 7.47. The number of benzene rings is 4. The maximum atomic E-state index is 14.4. The van der Waals surface area contributed by atoms with Crippen LogP contribution in [0.1, 0.15) is 27.0 Å². The molecule has 0 aliphatic carbocycles. The van der Waals surface area contributed by atoms with Gasteiger partial charge in [-0.05, 0) is 54.0 Å². The second kappa shape index (κ2) is 11.3. The Labute approximate surface area is 219 Å². The number of amides is 2. The number of anilines is 1. The quantitative estimate of drug-likeness (QED) is 0.291. The number of rotatable bonds is 7. The summed E-state index contributed by atoms with van der Waals surface area (Å²) in [6.07, 6.45) is 2.58. The molecule has 0 saturated carbocycles. The molecule has 1 N–H and O–H groups in total. The van der Waals surface area contributed by atoms with E-state index < -0.39 is 0 Å². The van der Waals surface area contributed by atoms with Crippen LogP contribution in [0.5, 0.6) is 0 Å². The normalized spacial score (nSPS) is 13.9. The van der Waals surface area contributed by atoms with Crippen LogP contribution in [0.2, 0.25) is 0 Å². The minimum Gasteiger partial charge on any atom is -0.352 e. The summed E-state index contributed by atoms with van der Waals surface area (Å²) in [5, 5.41) is 2.95. The predicted molar refractivity (Wildman–Crippen MR) is 147 cm³/mol. The Hall–Kier alpha value is -4.16. The molecule has 37 heavy (non-hydrogen) atoms. The first-order chi connectivity index (χ1) is 18.1. The van der Waals surface area contributed by atoms with Crippen LogP contribution < -0.4 is 10.2 Å². The fraction of sp³-hybridized carbons (Fsp3) is 0.0968. The molecule has 184 valence electrons. The van der Waals surface area contributed by atoms with E-state index in [-0.39, 0.29) is 24.2 Å². The van der Waals surface area contributed by atoms with Crippen molar-refractivity contribution in [2.24, 2.45) is 0 Å². The van der Waals surface area contributed by atoms with E-state index in [4.69, 9.17) is 0 Å². The van der Waals surface area contributed by atoms with Crippen LogP contribution in [0.4, 0.5) is 10.1 Å². The second-order valence-corrected chi connectivity index (χ2v) is 9.76. The highest BCUT2D eigenvalue weighted by Crippen LogP contribution is 2.42. The Bertz CT molecular complexity index is 1450. The van der Waals surface area contributed by atoms with Gasteiger partial charge in [0.2, 0.25) is 0 Å². The van der Waals surface area contributed by atoms with Gasteiger partial charge in [0.15, 0.2) is 0 Å². The molecule has 2 amide bonds. The Morgan fingerprint density at radius 2 is 1.57 bits per heavy atom. The lowest BCUT2D eigenvalue weighted by Crippen LogP contribution is -2.34. The average Bonchev–Trinajstić information content (AvgIpc) is 2.93. The molecule has 6 heteroatoms. The fourth-order valence-electron chi connectivity index (χ4n) is 4.17. The van der Waals surface area contributed by atoms with Crippen molar-refractivity contribution in [1.82, 2.24) is 5.32 Å². The van der Waals surface area contributed by atoms with Gasteiger partial charge in [0.1, 0.15) is 5.82 Å². The molecule has 1 aliphatic heterocycles. The van der Waals surface area contributed by atoms with E-state index in [9.17, 15) is 14.0 Å². The summed E-state index contributed by atoms with van der Waals surface area (Å²) in [5.74, 6) is -0.660. The molecule has 0 atom stereocenters. The van der Waals surface area contributed by atoms with Crippen molar-refractivity contribution in [3.63, 3.8) is 0 Å². The number of fused-ring (bicyclic) bond motifs is 1. The summed E-state index contributed by atoms with van der Waals surface area (Å²) < 4.78 is 14.4. The number of halogens is 1. The smallest absolute Gasteiger partial charge is 0.265 e. The molecule has 1 aliphatic rings. The molecule has 5 rings (SSSR count). The Balaban J connectivity index is 1.31. The molecule has 0 spiro atoms. The SMILES string of the molecule is O=C(NCCc1ccccc1)c1ccc(C=C2Sc3ccccc3N(Cc3ccccc3F)C2=O)cc1. The number of thioether (sulfide) groups is 1. The largest absolute Gasteiger partial charge is 0.352 e. The van der Waals surface area contributed by atoms with Crippen LogP contribution in [0.3, 0.4) is 0 Å². The lowest BCUT2D eigenvalue weighted by atomic mass is 10.1. The third-order valence-electron chi connectivity index (χ3n) is 6.13. The Morgan fingerprint density at radius 3 is 2.35 bits per heavy atom. The zero-order valence-electron chi connectivity index (χ0n) is 20.1. The van der Waals surface area contributed by atoms with Gasteiger partial charge in [-0.25, -0.2) is 4.39 Å². The van der Waals surface area contributed by atoms with Crippen molar-refractivity contribution in [3.8, 4) is 0 Å². The topological polar surface area (TPSA) is 49.4 Å². The number of nitrogens with one attached hydrogen (secondary N) is 1. The molecule has 4 nitrogen and oxygen atoms in total.